The fourth-order valence-electron chi connectivity index (χ4n) is 0.364. The van der Waals surface area contributed by atoms with Crippen LogP contribution in [0.15, 0.2) is 0 Å². The van der Waals surface area contributed by atoms with Crippen molar-refractivity contribution < 1.29 is 14.4 Å². The minimum atomic E-state index is -3.68. The Kier molecular flexibility index (Phi) is 11.1. The van der Waals surface area contributed by atoms with Gasteiger partial charge in [0.25, 0.3) is 0 Å². The van der Waals surface area contributed by atoms with Gasteiger partial charge in [0.2, 0.25) is 0 Å². The first-order valence-electron chi connectivity index (χ1n) is 3.92. The second-order valence-corrected chi connectivity index (χ2v) is 4.10. The van der Waals surface area contributed by atoms with E-state index in [0.717, 1.165) is 6.42 Å². The zero-order valence-electron chi connectivity index (χ0n) is 7.44. The average molecular weight is 198 g/mol. The standard InChI is InChI=1S/C4H11O3P.C2H8N2/c1-2-3-4-8(5,6)7;3-1-2-4/h2-4H2,1H3,(H2,5,6,7);1-4H2. The van der Waals surface area contributed by atoms with E-state index in [4.69, 9.17) is 21.3 Å². The Labute approximate surface area is 73.3 Å². The van der Waals surface area contributed by atoms with Crippen LogP contribution in [0.1, 0.15) is 19.8 Å². The van der Waals surface area contributed by atoms with E-state index in [1.807, 2.05) is 6.92 Å². The molecule has 6 heteroatoms. The summed E-state index contributed by atoms with van der Waals surface area (Å²) in [4.78, 5) is 16.5. The Balaban J connectivity index is 0. The Morgan fingerprint density at radius 3 is 1.75 bits per heavy atom. The van der Waals surface area contributed by atoms with Crippen molar-refractivity contribution in [3.63, 3.8) is 0 Å². The molecule has 0 bridgehead atoms. The van der Waals surface area contributed by atoms with Crippen LogP contribution in [0.4, 0.5) is 0 Å². The van der Waals surface area contributed by atoms with E-state index >= 15 is 0 Å². The quantitative estimate of drug-likeness (QED) is 0.470. The molecular weight excluding hydrogens is 179 g/mol. The number of hydrogen-bond donors (Lipinski definition) is 4. The third-order valence-corrected chi connectivity index (χ3v) is 1.87. The Bertz CT molecular complexity index is 124. The number of rotatable bonds is 4. The van der Waals surface area contributed by atoms with Crippen LogP contribution in [0.5, 0.6) is 0 Å². The van der Waals surface area contributed by atoms with Crippen LogP contribution in [-0.2, 0) is 4.57 Å². The highest BCUT2D eigenvalue weighted by atomic mass is 31.2. The van der Waals surface area contributed by atoms with E-state index in [1.54, 1.807) is 0 Å². The summed E-state index contributed by atoms with van der Waals surface area (Å²) in [6, 6.07) is 0. The molecule has 0 atom stereocenters. The van der Waals surface area contributed by atoms with Gasteiger partial charge in [0.1, 0.15) is 0 Å². The minimum Gasteiger partial charge on any atom is -0.329 e. The first kappa shape index (κ1) is 14.6. The molecule has 0 saturated heterocycles. The lowest BCUT2D eigenvalue weighted by molar-refractivity contribution is 0.371. The van der Waals surface area contributed by atoms with Crippen LogP contribution in [0.2, 0.25) is 0 Å². The van der Waals surface area contributed by atoms with Gasteiger partial charge in [-0.25, -0.2) is 0 Å². The molecule has 0 rings (SSSR count). The van der Waals surface area contributed by atoms with Crippen molar-refractivity contribution in [2.45, 2.75) is 19.8 Å². The largest absolute Gasteiger partial charge is 0.329 e. The third kappa shape index (κ3) is 22.5. The lowest BCUT2D eigenvalue weighted by Crippen LogP contribution is -2.11. The zero-order valence-corrected chi connectivity index (χ0v) is 8.33. The van der Waals surface area contributed by atoms with Gasteiger partial charge in [-0.1, -0.05) is 13.3 Å². The van der Waals surface area contributed by atoms with Crippen molar-refractivity contribution in [1.29, 1.82) is 0 Å². The van der Waals surface area contributed by atoms with Crippen molar-refractivity contribution >= 4 is 7.60 Å². The molecule has 5 nitrogen and oxygen atoms in total. The molecule has 0 aromatic heterocycles. The Morgan fingerprint density at radius 2 is 1.67 bits per heavy atom. The van der Waals surface area contributed by atoms with Gasteiger partial charge in [0.05, 0.1) is 0 Å². The van der Waals surface area contributed by atoms with Crippen molar-refractivity contribution in [3.8, 4) is 0 Å². The fourth-order valence-corrected chi connectivity index (χ4v) is 1.09. The maximum atomic E-state index is 10.1. The van der Waals surface area contributed by atoms with Crippen LogP contribution in [0.3, 0.4) is 0 Å². The number of nitrogens with two attached hydrogens (primary N) is 2. The summed E-state index contributed by atoms with van der Waals surface area (Å²) in [5.74, 6) is 0. The van der Waals surface area contributed by atoms with Crippen molar-refractivity contribution in [2.75, 3.05) is 19.3 Å². The van der Waals surface area contributed by atoms with Crippen LogP contribution in [0, 0.1) is 0 Å². The lowest BCUT2D eigenvalue weighted by Gasteiger charge is -1.98. The molecule has 0 spiro atoms. The molecule has 0 aromatic carbocycles. The monoisotopic (exact) mass is 198 g/mol. The molecule has 0 aliphatic heterocycles. The van der Waals surface area contributed by atoms with Crippen LogP contribution in [0.25, 0.3) is 0 Å². The first-order valence-corrected chi connectivity index (χ1v) is 5.72. The van der Waals surface area contributed by atoms with Crippen LogP contribution >= 0.6 is 7.60 Å². The summed E-state index contributed by atoms with van der Waals surface area (Å²) < 4.78 is 10.1. The van der Waals surface area contributed by atoms with E-state index < -0.39 is 7.60 Å². The maximum absolute atomic E-state index is 10.1. The molecule has 0 fully saturated rings. The summed E-state index contributed by atoms with van der Waals surface area (Å²) in [5.41, 5.74) is 9.81. The molecule has 0 aromatic rings. The van der Waals surface area contributed by atoms with Gasteiger partial charge in [-0.3, -0.25) is 4.57 Å². The predicted octanol–water partition coefficient (Wildman–Crippen LogP) is -0.132. The lowest BCUT2D eigenvalue weighted by atomic mass is 10.4. The molecule has 0 saturated carbocycles. The Hall–Kier alpha value is 0.0700. The topological polar surface area (TPSA) is 110 Å². The van der Waals surface area contributed by atoms with Crippen LogP contribution < -0.4 is 11.5 Å². The average Bonchev–Trinajstić information content (AvgIpc) is 2.00. The number of hydrogen-bond acceptors (Lipinski definition) is 3. The predicted molar refractivity (Wildman–Crippen MR) is 49.9 cm³/mol. The summed E-state index contributed by atoms with van der Waals surface area (Å²) in [7, 11) is -3.68. The van der Waals surface area contributed by atoms with E-state index in [2.05, 4.69) is 0 Å². The summed E-state index contributed by atoms with van der Waals surface area (Å²) in [5, 5.41) is 0. The zero-order chi connectivity index (χ0) is 10.0. The van der Waals surface area contributed by atoms with Crippen molar-refractivity contribution in [3.05, 3.63) is 0 Å². The highest BCUT2D eigenvalue weighted by molar-refractivity contribution is 7.51. The van der Waals surface area contributed by atoms with Crippen LogP contribution in [-0.4, -0.2) is 29.0 Å². The summed E-state index contributed by atoms with van der Waals surface area (Å²) in [6.07, 6.45) is 1.49. The van der Waals surface area contributed by atoms with Gasteiger partial charge in [-0.05, 0) is 6.42 Å². The summed E-state index contributed by atoms with van der Waals surface area (Å²) >= 11 is 0. The normalized spacial score (nSPS) is 10.4. The molecule has 6 N–H and O–H groups in total. The molecule has 0 amide bonds. The van der Waals surface area contributed by atoms with Crippen molar-refractivity contribution in [2.24, 2.45) is 11.5 Å². The fraction of sp³-hybridized carbons (Fsp3) is 1.00. The van der Waals surface area contributed by atoms with Gasteiger partial charge < -0.3 is 21.3 Å². The summed E-state index contributed by atoms with van der Waals surface area (Å²) in [6.45, 7) is 3.09. The second kappa shape index (κ2) is 9.16. The maximum Gasteiger partial charge on any atom is 0.325 e. The van der Waals surface area contributed by atoms with Gasteiger partial charge in [-0.15, -0.1) is 0 Å². The van der Waals surface area contributed by atoms with Gasteiger partial charge in [-0.2, -0.15) is 0 Å². The van der Waals surface area contributed by atoms with E-state index in [-0.39, 0.29) is 6.16 Å². The molecule has 0 radical (unpaired) electrons. The molecule has 12 heavy (non-hydrogen) atoms. The highest BCUT2D eigenvalue weighted by Crippen LogP contribution is 2.34. The SMILES string of the molecule is CCCCP(=O)(O)O.NCCN. The molecule has 0 unspecified atom stereocenters. The second-order valence-electron chi connectivity index (χ2n) is 2.32. The minimum absolute atomic E-state index is 0.0312. The smallest absolute Gasteiger partial charge is 0.325 e. The molecule has 0 heterocycles. The molecule has 0 aliphatic carbocycles. The van der Waals surface area contributed by atoms with Crippen molar-refractivity contribution in [1.82, 2.24) is 0 Å². The van der Waals surface area contributed by atoms with E-state index in [9.17, 15) is 4.57 Å². The van der Waals surface area contributed by atoms with E-state index in [0.29, 0.717) is 19.5 Å². The molecular formula is C6H19N2O3P. The first-order chi connectivity index (χ1) is 5.47. The third-order valence-electron chi connectivity index (χ3n) is 0.970. The van der Waals surface area contributed by atoms with Gasteiger partial charge >= 0.3 is 7.60 Å². The van der Waals surface area contributed by atoms with Gasteiger partial charge in [0, 0.05) is 19.3 Å². The number of unbranched alkanes of at least 4 members (excludes halogenated alkanes) is 1. The Morgan fingerprint density at radius 1 is 1.25 bits per heavy atom. The highest BCUT2D eigenvalue weighted by Gasteiger charge is 2.09. The molecule has 76 valence electrons. The van der Waals surface area contributed by atoms with E-state index in [1.165, 1.54) is 0 Å². The molecule has 0 aliphatic rings. The van der Waals surface area contributed by atoms with Gasteiger partial charge in [0.15, 0.2) is 0 Å².